The molecule has 0 atom stereocenters. The number of amides is 1. The van der Waals surface area contributed by atoms with Crippen molar-refractivity contribution in [2.24, 2.45) is 0 Å². The summed E-state index contributed by atoms with van der Waals surface area (Å²) in [6, 6.07) is 13.8. The van der Waals surface area contributed by atoms with E-state index in [0.717, 1.165) is 53.4 Å². The molecule has 0 unspecified atom stereocenters. The van der Waals surface area contributed by atoms with Crippen molar-refractivity contribution in [3.05, 3.63) is 65.4 Å². The van der Waals surface area contributed by atoms with Gasteiger partial charge in [0.05, 0.1) is 23.1 Å². The van der Waals surface area contributed by atoms with E-state index < -0.39 is 0 Å². The van der Waals surface area contributed by atoms with Crippen LogP contribution in [0, 0.1) is 5.82 Å². The average Bonchev–Trinajstić information content (AvgIpc) is 3.46. The highest BCUT2D eigenvalue weighted by molar-refractivity contribution is 7.13. The van der Waals surface area contributed by atoms with Gasteiger partial charge in [0.2, 0.25) is 5.91 Å². The molecular weight excluding hydrogens is 413 g/mol. The number of hydrogen-bond donors (Lipinski definition) is 1. The lowest BCUT2D eigenvalue weighted by molar-refractivity contribution is -0.115. The Balaban J connectivity index is 1.36. The van der Waals surface area contributed by atoms with Gasteiger partial charge in [0.25, 0.3) is 0 Å². The summed E-state index contributed by atoms with van der Waals surface area (Å²) in [5.41, 5.74) is 3.05. The van der Waals surface area contributed by atoms with Crippen LogP contribution in [0.3, 0.4) is 0 Å². The Morgan fingerprint density at radius 1 is 1.00 bits per heavy atom. The van der Waals surface area contributed by atoms with Gasteiger partial charge in [0.15, 0.2) is 11.6 Å². The topological polar surface area (TPSA) is 71.0 Å². The molecule has 1 aliphatic heterocycles. The number of aromatic nitrogens is 3. The molecule has 1 saturated heterocycles. The number of nitrogens with zero attached hydrogens (tertiary/aromatic N) is 4. The second-order valence-corrected chi connectivity index (χ2v) is 8.31. The van der Waals surface area contributed by atoms with Gasteiger partial charge in [0.1, 0.15) is 10.8 Å². The molecule has 2 aromatic carbocycles. The highest BCUT2D eigenvalue weighted by Crippen LogP contribution is 2.28. The molecule has 156 valence electrons. The van der Waals surface area contributed by atoms with Crippen LogP contribution in [0.15, 0.2) is 53.9 Å². The first-order valence-corrected chi connectivity index (χ1v) is 11.1. The number of thiazole rings is 1. The summed E-state index contributed by atoms with van der Waals surface area (Å²) in [5, 5.41) is 5.55. The van der Waals surface area contributed by atoms with Gasteiger partial charge < -0.3 is 10.2 Å². The molecule has 31 heavy (non-hydrogen) atoms. The predicted molar refractivity (Wildman–Crippen MR) is 121 cm³/mol. The molecule has 0 bridgehead atoms. The molecule has 3 heterocycles. The molecule has 0 saturated carbocycles. The van der Waals surface area contributed by atoms with Crippen molar-refractivity contribution in [2.75, 3.05) is 23.3 Å². The Bertz CT molecular complexity index is 1230. The summed E-state index contributed by atoms with van der Waals surface area (Å²) in [6.45, 7) is 1.81. The molecule has 8 heteroatoms. The molecule has 1 aliphatic rings. The monoisotopic (exact) mass is 433 g/mol. The van der Waals surface area contributed by atoms with Gasteiger partial charge >= 0.3 is 0 Å². The number of carbonyl (C=O) groups is 1. The minimum atomic E-state index is -0.287. The maximum atomic E-state index is 13.1. The van der Waals surface area contributed by atoms with Crippen molar-refractivity contribution < 1.29 is 9.18 Å². The Morgan fingerprint density at radius 2 is 1.71 bits per heavy atom. The van der Waals surface area contributed by atoms with Crippen molar-refractivity contribution in [3.63, 3.8) is 0 Å². The van der Waals surface area contributed by atoms with Crippen LogP contribution in [0.4, 0.5) is 16.0 Å². The smallest absolute Gasteiger partial charge is 0.231 e. The van der Waals surface area contributed by atoms with Crippen LogP contribution in [0.25, 0.3) is 21.6 Å². The van der Waals surface area contributed by atoms with E-state index >= 15 is 0 Å². The third-order valence-electron chi connectivity index (χ3n) is 5.20. The van der Waals surface area contributed by atoms with E-state index in [2.05, 4.69) is 20.2 Å². The van der Waals surface area contributed by atoms with Crippen LogP contribution in [0.1, 0.15) is 18.5 Å². The first-order chi connectivity index (χ1) is 15.2. The summed E-state index contributed by atoms with van der Waals surface area (Å²) in [5.74, 6) is 0.723. The standard InChI is InChI=1S/C23H20FN5OS/c24-16-9-7-15(8-10-16)23-25-17(14-31-23)13-20(30)28-21-22(29-11-3-4-12-29)27-19-6-2-1-5-18(19)26-21/h1-2,5-10,14H,3-4,11-13H2,(H,26,28,30). The molecular formula is C23H20FN5OS. The number of halogens is 1. The van der Waals surface area contributed by atoms with Crippen molar-refractivity contribution in [1.82, 2.24) is 15.0 Å². The quantitative estimate of drug-likeness (QED) is 0.495. The predicted octanol–water partition coefficient (Wildman–Crippen LogP) is 4.67. The summed E-state index contributed by atoms with van der Waals surface area (Å²) in [6.07, 6.45) is 2.34. The fourth-order valence-electron chi connectivity index (χ4n) is 3.68. The fraction of sp³-hybridized carbons (Fsp3) is 0.217. The number of anilines is 2. The Kier molecular flexibility index (Phi) is 5.30. The van der Waals surface area contributed by atoms with Gasteiger partial charge in [-0.15, -0.1) is 11.3 Å². The molecule has 0 spiro atoms. The van der Waals surface area contributed by atoms with Crippen LogP contribution in [-0.4, -0.2) is 33.9 Å². The number of carbonyl (C=O) groups excluding carboxylic acids is 1. The Labute approximate surface area is 182 Å². The number of para-hydroxylation sites is 2. The van der Waals surface area contributed by atoms with E-state index in [-0.39, 0.29) is 18.1 Å². The van der Waals surface area contributed by atoms with E-state index in [4.69, 9.17) is 4.98 Å². The molecule has 4 aromatic rings. The number of rotatable bonds is 5. The molecule has 0 radical (unpaired) electrons. The van der Waals surface area contributed by atoms with Crippen molar-refractivity contribution in [2.45, 2.75) is 19.3 Å². The lowest BCUT2D eigenvalue weighted by atomic mass is 10.2. The minimum Gasteiger partial charge on any atom is -0.354 e. The zero-order valence-electron chi connectivity index (χ0n) is 16.7. The number of nitrogens with one attached hydrogen (secondary N) is 1. The summed E-state index contributed by atoms with van der Waals surface area (Å²) >= 11 is 1.43. The second-order valence-electron chi connectivity index (χ2n) is 7.45. The van der Waals surface area contributed by atoms with E-state index in [1.54, 1.807) is 12.1 Å². The van der Waals surface area contributed by atoms with Crippen LogP contribution < -0.4 is 10.2 Å². The first kappa shape index (κ1) is 19.6. The summed E-state index contributed by atoms with van der Waals surface area (Å²) < 4.78 is 13.1. The van der Waals surface area contributed by atoms with E-state index in [0.29, 0.717) is 11.5 Å². The van der Waals surface area contributed by atoms with Crippen molar-refractivity contribution >= 4 is 39.9 Å². The zero-order chi connectivity index (χ0) is 21.2. The summed E-state index contributed by atoms with van der Waals surface area (Å²) in [7, 11) is 0. The molecule has 5 rings (SSSR count). The normalized spacial score (nSPS) is 13.6. The van der Waals surface area contributed by atoms with Gasteiger partial charge in [-0.3, -0.25) is 4.79 Å². The highest BCUT2D eigenvalue weighted by Gasteiger charge is 2.21. The Morgan fingerprint density at radius 3 is 2.45 bits per heavy atom. The molecule has 6 nitrogen and oxygen atoms in total. The van der Waals surface area contributed by atoms with Gasteiger partial charge in [-0.2, -0.15) is 0 Å². The van der Waals surface area contributed by atoms with Gasteiger partial charge in [-0.25, -0.2) is 19.3 Å². The van der Waals surface area contributed by atoms with Gasteiger partial charge in [-0.05, 0) is 49.2 Å². The van der Waals surface area contributed by atoms with Crippen LogP contribution in [0.2, 0.25) is 0 Å². The fourth-order valence-corrected chi connectivity index (χ4v) is 4.50. The maximum Gasteiger partial charge on any atom is 0.231 e. The molecule has 1 amide bonds. The second kappa shape index (κ2) is 8.39. The van der Waals surface area contributed by atoms with E-state index in [1.165, 1.54) is 23.5 Å². The SMILES string of the molecule is O=C(Cc1csc(-c2ccc(F)cc2)n1)Nc1nc2ccccc2nc1N1CCCC1. The third kappa shape index (κ3) is 4.25. The van der Waals surface area contributed by atoms with Crippen molar-refractivity contribution in [1.29, 1.82) is 0 Å². The van der Waals surface area contributed by atoms with Crippen molar-refractivity contribution in [3.8, 4) is 10.6 Å². The number of fused-ring (bicyclic) bond motifs is 1. The average molecular weight is 434 g/mol. The van der Waals surface area contributed by atoms with Gasteiger partial charge in [0, 0.05) is 24.0 Å². The zero-order valence-corrected chi connectivity index (χ0v) is 17.5. The number of hydrogen-bond acceptors (Lipinski definition) is 6. The van der Waals surface area contributed by atoms with Crippen LogP contribution in [0.5, 0.6) is 0 Å². The third-order valence-corrected chi connectivity index (χ3v) is 6.14. The molecule has 0 aliphatic carbocycles. The molecule has 2 aromatic heterocycles. The van der Waals surface area contributed by atoms with E-state index in [1.807, 2.05) is 29.6 Å². The lowest BCUT2D eigenvalue weighted by Gasteiger charge is -2.20. The van der Waals surface area contributed by atoms with Gasteiger partial charge in [-0.1, -0.05) is 12.1 Å². The minimum absolute atomic E-state index is 0.131. The molecule has 1 N–H and O–H groups in total. The largest absolute Gasteiger partial charge is 0.354 e. The lowest BCUT2D eigenvalue weighted by Crippen LogP contribution is -2.24. The highest BCUT2D eigenvalue weighted by atomic mass is 32.1. The van der Waals surface area contributed by atoms with E-state index in [9.17, 15) is 9.18 Å². The van der Waals surface area contributed by atoms with Crippen LogP contribution in [-0.2, 0) is 11.2 Å². The summed E-state index contributed by atoms with van der Waals surface area (Å²) in [4.78, 5) is 28.9. The number of benzene rings is 2. The molecule has 1 fully saturated rings. The Hall–Kier alpha value is -3.39. The maximum absolute atomic E-state index is 13.1. The first-order valence-electron chi connectivity index (χ1n) is 10.2. The van der Waals surface area contributed by atoms with Crippen LogP contribution >= 0.6 is 11.3 Å².